The summed E-state index contributed by atoms with van der Waals surface area (Å²) >= 11 is 0. The van der Waals surface area contributed by atoms with Crippen LogP contribution in [0.5, 0.6) is 34.5 Å². The standard InChI is InChI=1S/C9H10O3.C9H8O3.C8H6O3/c2*1-6(10)7-3-2-4-8-9(7)12-5-11-8;9-4-6-2-1-3-7-8(6)11-5-10-7/h2-4,6,10H,5H2,1H3;2-4H,5H2,1H3;1-4H,5H2. The molecule has 0 spiro atoms. The number of hydrogen-bond acceptors (Lipinski definition) is 9. The van der Waals surface area contributed by atoms with Crippen molar-refractivity contribution in [1.29, 1.82) is 0 Å². The highest BCUT2D eigenvalue weighted by Gasteiger charge is 2.20. The van der Waals surface area contributed by atoms with E-state index in [1.807, 2.05) is 18.2 Å². The number of benzene rings is 3. The molecule has 3 aromatic rings. The first-order valence-electron chi connectivity index (χ1n) is 10.8. The molecule has 9 nitrogen and oxygen atoms in total. The third kappa shape index (κ3) is 5.30. The zero-order valence-corrected chi connectivity index (χ0v) is 19.2. The fourth-order valence-electron chi connectivity index (χ4n) is 3.53. The molecule has 3 aliphatic rings. The molecule has 182 valence electrons. The summed E-state index contributed by atoms with van der Waals surface area (Å²) in [6, 6.07) is 16.0. The first-order chi connectivity index (χ1) is 17.0. The number of carbonyl (C=O) groups excluding carboxylic acids is 2. The second kappa shape index (κ2) is 10.8. The number of rotatable bonds is 3. The molecular weight excluding hydrogens is 456 g/mol. The molecule has 6 rings (SSSR count). The van der Waals surface area contributed by atoms with Gasteiger partial charge < -0.3 is 33.5 Å². The highest BCUT2D eigenvalue weighted by atomic mass is 16.7. The Kier molecular flexibility index (Phi) is 7.37. The van der Waals surface area contributed by atoms with Crippen LogP contribution in [0.15, 0.2) is 54.6 Å². The average molecular weight is 480 g/mol. The second-order valence-corrected chi connectivity index (χ2v) is 7.55. The van der Waals surface area contributed by atoms with Crippen LogP contribution in [0.25, 0.3) is 0 Å². The van der Waals surface area contributed by atoms with Gasteiger partial charge >= 0.3 is 0 Å². The van der Waals surface area contributed by atoms with E-state index in [0.29, 0.717) is 45.6 Å². The predicted molar refractivity (Wildman–Crippen MR) is 124 cm³/mol. The Morgan fingerprint density at radius 1 is 0.771 bits per heavy atom. The predicted octanol–water partition coefficient (Wildman–Crippen LogP) is 4.31. The minimum absolute atomic E-state index is 0.00245. The molecule has 9 heteroatoms. The maximum Gasteiger partial charge on any atom is 0.231 e. The minimum atomic E-state index is -0.512. The number of aliphatic hydroxyl groups is 1. The highest BCUT2D eigenvalue weighted by molar-refractivity contribution is 5.97. The molecule has 0 aliphatic carbocycles. The van der Waals surface area contributed by atoms with Crippen molar-refractivity contribution in [3.63, 3.8) is 0 Å². The first-order valence-corrected chi connectivity index (χ1v) is 10.8. The number of fused-ring (bicyclic) bond motifs is 3. The van der Waals surface area contributed by atoms with Gasteiger partial charge in [-0.2, -0.15) is 0 Å². The number of ether oxygens (including phenoxy) is 6. The fraction of sp³-hybridized carbons (Fsp3) is 0.231. The van der Waals surface area contributed by atoms with E-state index in [1.165, 1.54) is 6.92 Å². The Bertz CT molecular complexity index is 1220. The molecule has 0 saturated heterocycles. The number of para-hydroxylation sites is 3. The van der Waals surface area contributed by atoms with E-state index in [1.54, 1.807) is 43.3 Å². The average Bonchev–Trinajstić information content (AvgIpc) is 3.63. The van der Waals surface area contributed by atoms with Gasteiger partial charge in [0.1, 0.15) is 0 Å². The second-order valence-electron chi connectivity index (χ2n) is 7.55. The number of ketones is 1. The van der Waals surface area contributed by atoms with Crippen molar-refractivity contribution < 1.29 is 43.1 Å². The molecule has 0 radical (unpaired) electrons. The molecule has 35 heavy (non-hydrogen) atoms. The van der Waals surface area contributed by atoms with Gasteiger partial charge in [0, 0.05) is 5.56 Å². The SMILES string of the molecule is CC(=O)c1cccc2c1OCO2.CC(O)c1cccc2c1OCO2.O=Cc1cccc2c1OCO2. The molecule has 1 N–H and O–H groups in total. The molecule has 0 amide bonds. The number of carbonyl (C=O) groups is 2. The van der Waals surface area contributed by atoms with Crippen LogP contribution in [0.3, 0.4) is 0 Å². The summed E-state index contributed by atoms with van der Waals surface area (Å²) < 4.78 is 30.8. The van der Waals surface area contributed by atoms with Gasteiger partial charge in [0.2, 0.25) is 20.4 Å². The van der Waals surface area contributed by atoms with E-state index < -0.39 is 6.10 Å². The van der Waals surface area contributed by atoms with Crippen LogP contribution >= 0.6 is 0 Å². The van der Waals surface area contributed by atoms with Gasteiger partial charge in [0.05, 0.1) is 17.2 Å². The quantitative estimate of drug-likeness (QED) is 0.433. The van der Waals surface area contributed by atoms with Crippen molar-refractivity contribution in [2.45, 2.75) is 20.0 Å². The van der Waals surface area contributed by atoms with Crippen molar-refractivity contribution in [2.75, 3.05) is 20.4 Å². The largest absolute Gasteiger partial charge is 0.454 e. The number of hydrogen-bond donors (Lipinski definition) is 1. The summed E-state index contributed by atoms with van der Waals surface area (Å²) in [5, 5.41) is 9.35. The minimum Gasteiger partial charge on any atom is -0.454 e. The van der Waals surface area contributed by atoms with Gasteiger partial charge in [-0.25, -0.2) is 0 Å². The lowest BCUT2D eigenvalue weighted by Gasteiger charge is -2.07. The first kappa shape index (κ1) is 23.9. The number of aldehydes is 1. The zero-order chi connectivity index (χ0) is 24.8. The molecule has 1 unspecified atom stereocenters. The lowest BCUT2D eigenvalue weighted by molar-refractivity contribution is 0.101. The molecule has 1 atom stereocenters. The summed E-state index contributed by atoms with van der Waals surface area (Å²) in [7, 11) is 0. The third-order valence-corrected chi connectivity index (χ3v) is 5.21. The zero-order valence-electron chi connectivity index (χ0n) is 19.2. The highest BCUT2D eigenvalue weighted by Crippen LogP contribution is 2.38. The molecule has 3 heterocycles. The topological polar surface area (TPSA) is 110 Å². The summed E-state index contributed by atoms with van der Waals surface area (Å²) in [6.07, 6.45) is 0.245. The van der Waals surface area contributed by atoms with E-state index in [4.69, 9.17) is 28.4 Å². The Balaban J connectivity index is 0.000000124. The Morgan fingerprint density at radius 3 is 1.89 bits per heavy atom. The Labute approximate surface area is 201 Å². The molecule has 0 fully saturated rings. The summed E-state index contributed by atoms with van der Waals surface area (Å²) in [6.45, 7) is 3.88. The van der Waals surface area contributed by atoms with Gasteiger partial charge in [0.15, 0.2) is 46.6 Å². The van der Waals surface area contributed by atoms with Crippen molar-refractivity contribution in [3.8, 4) is 34.5 Å². The fourth-order valence-corrected chi connectivity index (χ4v) is 3.53. The van der Waals surface area contributed by atoms with Gasteiger partial charge in [-0.3, -0.25) is 9.59 Å². The van der Waals surface area contributed by atoms with Crippen molar-refractivity contribution in [2.24, 2.45) is 0 Å². The smallest absolute Gasteiger partial charge is 0.231 e. The number of aliphatic hydroxyl groups excluding tert-OH is 1. The Hall–Kier alpha value is -4.24. The van der Waals surface area contributed by atoms with Crippen LogP contribution in [0.4, 0.5) is 0 Å². The lowest BCUT2D eigenvalue weighted by atomic mass is 10.1. The monoisotopic (exact) mass is 480 g/mol. The van der Waals surface area contributed by atoms with Gasteiger partial charge in [0.25, 0.3) is 0 Å². The van der Waals surface area contributed by atoms with Crippen LogP contribution in [-0.4, -0.2) is 37.6 Å². The normalized spacial score (nSPS) is 14.1. The van der Waals surface area contributed by atoms with Crippen LogP contribution in [0, 0.1) is 0 Å². The maximum atomic E-state index is 11.1. The van der Waals surface area contributed by atoms with E-state index in [2.05, 4.69) is 0 Å². The van der Waals surface area contributed by atoms with Crippen LogP contribution in [0.2, 0.25) is 0 Å². The van der Waals surface area contributed by atoms with Gasteiger partial charge in [-0.15, -0.1) is 0 Å². The number of Topliss-reactive ketones (excluding diaryl/α,β-unsaturated/α-hetero) is 1. The molecule has 0 saturated carbocycles. The molecular formula is C26H24O9. The third-order valence-electron chi connectivity index (χ3n) is 5.21. The van der Waals surface area contributed by atoms with Gasteiger partial charge in [-0.05, 0) is 44.2 Å². The lowest BCUT2D eigenvalue weighted by Crippen LogP contribution is -1.96. The van der Waals surface area contributed by atoms with E-state index in [9.17, 15) is 14.7 Å². The summed E-state index contributed by atoms with van der Waals surface area (Å²) in [4.78, 5) is 21.5. The van der Waals surface area contributed by atoms with E-state index in [0.717, 1.165) is 11.8 Å². The van der Waals surface area contributed by atoms with Crippen molar-refractivity contribution in [3.05, 3.63) is 71.3 Å². The summed E-state index contributed by atoms with van der Waals surface area (Å²) in [5.74, 6) is 3.82. The van der Waals surface area contributed by atoms with E-state index >= 15 is 0 Å². The summed E-state index contributed by atoms with van der Waals surface area (Å²) in [5.41, 5.74) is 1.91. The maximum absolute atomic E-state index is 11.1. The Morgan fingerprint density at radius 2 is 1.29 bits per heavy atom. The van der Waals surface area contributed by atoms with Crippen LogP contribution < -0.4 is 28.4 Å². The molecule has 0 bridgehead atoms. The molecule has 0 aromatic heterocycles. The van der Waals surface area contributed by atoms with E-state index in [-0.39, 0.29) is 26.2 Å². The van der Waals surface area contributed by atoms with Crippen LogP contribution in [0.1, 0.15) is 46.2 Å². The van der Waals surface area contributed by atoms with Crippen LogP contribution in [-0.2, 0) is 0 Å². The molecule has 3 aromatic carbocycles. The van der Waals surface area contributed by atoms with Crippen molar-refractivity contribution in [1.82, 2.24) is 0 Å². The van der Waals surface area contributed by atoms with Gasteiger partial charge in [-0.1, -0.05) is 24.3 Å². The molecule has 3 aliphatic heterocycles. The van der Waals surface area contributed by atoms with Crippen molar-refractivity contribution >= 4 is 12.1 Å².